The van der Waals surface area contributed by atoms with Crippen LogP contribution in [-0.2, 0) is 16.0 Å². The van der Waals surface area contributed by atoms with E-state index in [1.54, 1.807) is 18.2 Å². The highest BCUT2D eigenvalue weighted by Crippen LogP contribution is 2.28. The highest BCUT2D eigenvalue weighted by Gasteiger charge is 2.44. The Morgan fingerprint density at radius 1 is 1.09 bits per heavy atom. The number of piperidine rings is 1. The molecule has 5 amide bonds. The first-order valence-corrected chi connectivity index (χ1v) is 10.0. The molecule has 1 fully saturated rings. The molecule has 0 aliphatic carbocycles. The Morgan fingerprint density at radius 3 is 2.62 bits per heavy atom. The van der Waals surface area contributed by atoms with E-state index in [9.17, 15) is 24.0 Å². The third-order valence-corrected chi connectivity index (χ3v) is 5.46. The van der Waals surface area contributed by atoms with Crippen LogP contribution < -0.4 is 10.6 Å². The largest absolute Gasteiger partial charge is 0.352 e. The van der Waals surface area contributed by atoms with E-state index in [4.69, 9.17) is 5.26 Å². The van der Waals surface area contributed by atoms with Crippen molar-refractivity contribution in [2.24, 2.45) is 0 Å². The summed E-state index contributed by atoms with van der Waals surface area (Å²) >= 11 is 0. The summed E-state index contributed by atoms with van der Waals surface area (Å²) in [6, 6.07) is 12.3. The second kappa shape index (κ2) is 8.43. The molecule has 1 atom stereocenters. The van der Waals surface area contributed by atoms with Crippen molar-refractivity contribution in [3.8, 4) is 6.07 Å². The molecule has 2 aliphatic rings. The predicted octanol–water partition coefficient (Wildman–Crippen LogP) is 0.932. The number of benzene rings is 2. The predicted molar refractivity (Wildman–Crippen MR) is 110 cm³/mol. The Kier molecular flexibility index (Phi) is 5.52. The Morgan fingerprint density at radius 2 is 1.88 bits per heavy atom. The SMILES string of the molecule is N#Cc1cccc(CCNC(=O)c2ccc3c(c2)C(=O)N(C2CCC(=O)NC2=O)C3=O)c1. The van der Waals surface area contributed by atoms with Crippen LogP contribution >= 0.6 is 0 Å². The highest BCUT2D eigenvalue weighted by atomic mass is 16.2. The average Bonchev–Trinajstić information content (AvgIpc) is 3.03. The lowest BCUT2D eigenvalue weighted by Gasteiger charge is -2.27. The topological polar surface area (TPSA) is 136 Å². The number of amides is 5. The van der Waals surface area contributed by atoms with Crippen molar-refractivity contribution < 1.29 is 24.0 Å². The molecule has 2 aromatic rings. The second-order valence-electron chi connectivity index (χ2n) is 7.53. The van der Waals surface area contributed by atoms with Crippen molar-refractivity contribution in [1.29, 1.82) is 5.26 Å². The smallest absolute Gasteiger partial charge is 0.262 e. The number of nitrogens with zero attached hydrogens (tertiary/aromatic N) is 2. The fraction of sp³-hybridized carbons (Fsp3) is 0.217. The standard InChI is InChI=1S/C23H18N4O5/c24-12-14-3-1-2-13(10-14)8-9-25-20(29)15-4-5-16-17(11-15)23(32)27(22(16)31)18-6-7-19(28)26-21(18)30/h1-5,10-11,18H,6-9H2,(H,25,29)(H,26,28,30). The molecular formula is C23H18N4O5. The third kappa shape index (κ3) is 3.86. The van der Waals surface area contributed by atoms with Crippen molar-refractivity contribution in [2.45, 2.75) is 25.3 Å². The molecule has 9 heteroatoms. The van der Waals surface area contributed by atoms with Gasteiger partial charge < -0.3 is 5.32 Å². The Balaban J connectivity index is 1.45. The number of nitriles is 1. The summed E-state index contributed by atoms with van der Waals surface area (Å²) in [6.07, 6.45) is 0.623. The number of nitrogens with one attached hydrogen (secondary N) is 2. The van der Waals surface area contributed by atoms with Crippen LogP contribution in [0.4, 0.5) is 0 Å². The minimum atomic E-state index is -1.05. The normalized spacial score (nSPS) is 17.6. The van der Waals surface area contributed by atoms with Gasteiger partial charge in [-0.25, -0.2) is 0 Å². The van der Waals surface area contributed by atoms with E-state index in [2.05, 4.69) is 16.7 Å². The molecule has 4 rings (SSSR count). The van der Waals surface area contributed by atoms with Crippen LogP contribution in [0.2, 0.25) is 0 Å². The van der Waals surface area contributed by atoms with Crippen molar-refractivity contribution in [1.82, 2.24) is 15.5 Å². The number of imide groups is 2. The summed E-state index contributed by atoms with van der Waals surface area (Å²) < 4.78 is 0. The van der Waals surface area contributed by atoms with Gasteiger partial charge in [-0.1, -0.05) is 12.1 Å². The van der Waals surface area contributed by atoms with Crippen LogP contribution in [0.15, 0.2) is 42.5 Å². The van der Waals surface area contributed by atoms with Crippen molar-refractivity contribution in [3.05, 3.63) is 70.3 Å². The maximum Gasteiger partial charge on any atom is 0.262 e. The van der Waals surface area contributed by atoms with E-state index in [-0.39, 0.29) is 29.5 Å². The monoisotopic (exact) mass is 430 g/mol. The van der Waals surface area contributed by atoms with Crippen LogP contribution in [-0.4, -0.2) is 47.0 Å². The molecule has 160 valence electrons. The number of carbonyl (C=O) groups excluding carboxylic acids is 5. The van der Waals surface area contributed by atoms with Gasteiger partial charge in [0.25, 0.3) is 17.7 Å². The van der Waals surface area contributed by atoms with Crippen LogP contribution in [0.25, 0.3) is 0 Å². The zero-order valence-electron chi connectivity index (χ0n) is 16.9. The van der Waals surface area contributed by atoms with Crippen LogP contribution in [0.1, 0.15) is 55.0 Å². The van der Waals surface area contributed by atoms with E-state index in [0.717, 1.165) is 10.5 Å². The van der Waals surface area contributed by atoms with Gasteiger partial charge in [0, 0.05) is 18.5 Å². The average molecular weight is 430 g/mol. The Hall–Kier alpha value is -4.32. The van der Waals surface area contributed by atoms with Gasteiger partial charge >= 0.3 is 0 Å². The van der Waals surface area contributed by atoms with E-state index < -0.39 is 35.6 Å². The van der Waals surface area contributed by atoms with Gasteiger partial charge in [-0.05, 0) is 48.7 Å². The molecule has 9 nitrogen and oxygen atoms in total. The summed E-state index contributed by atoms with van der Waals surface area (Å²) in [7, 11) is 0. The highest BCUT2D eigenvalue weighted by molar-refractivity contribution is 6.24. The van der Waals surface area contributed by atoms with Crippen molar-refractivity contribution >= 4 is 29.5 Å². The van der Waals surface area contributed by atoms with E-state index in [0.29, 0.717) is 18.5 Å². The molecule has 1 unspecified atom stereocenters. The minimum Gasteiger partial charge on any atom is -0.352 e. The summed E-state index contributed by atoms with van der Waals surface area (Å²) in [5.41, 5.74) is 1.81. The molecule has 0 spiro atoms. The number of hydrogen-bond donors (Lipinski definition) is 2. The molecule has 32 heavy (non-hydrogen) atoms. The van der Waals surface area contributed by atoms with Gasteiger partial charge in [0.1, 0.15) is 6.04 Å². The molecule has 2 heterocycles. The molecule has 0 radical (unpaired) electrons. The molecular weight excluding hydrogens is 412 g/mol. The first kappa shape index (κ1) is 20.9. The number of hydrogen-bond acceptors (Lipinski definition) is 6. The minimum absolute atomic E-state index is 0.0365. The van der Waals surface area contributed by atoms with Crippen molar-refractivity contribution in [3.63, 3.8) is 0 Å². The summed E-state index contributed by atoms with van der Waals surface area (Å²) in [5, 5.41) is 13.9. The maximum atomic E-state index is 12.8. The van der Waals surface area contributed by atoms with E-state index >= 15 is 0 Å². The number of rotatable bonds is 5. The lowest BCUT2D eigenvalue weighted by atomic mass is 10.0. The molecule has 1 saturated heterocycles. The quantitative estimate of drug-likeness (QED) is 0.677. The second-order valence-corrected chi connectivity index (χ2v) is 7.53. The zero-order valence-corrected chi connectivity index (χ0v) is 16.9. The van der Waals surface area contributed by atoms with Gasteiger partial charge in [0.2, 0.25) is 11.8 Å². The van der Waals surface area contributed by atoms with E-state index in [1.807, 2.05) is 6.07 Å². The van der Waals surface area contributed by atoms with Gasteiger partial charge in [-0.15, -0.1) is 0 Å². The van der Waals surface area contributed by atoms with Crippen LogP contribution in [0.5, 0.6) is 0 Å². The molecule has 2 N–H and O–H groups in total. The maximum absolute atomic E-state index is 12.8. The lowest BCUT2D eigenvalue weighted by Crippen LogP contribution is -2.54. The summed E-state index contributed by atoms with van der Waals surface area (Å²) in [5.74, 6) is -2.83. The first-order valence-electron chi connectivity index (χ1n) is 10.0. The first-order chi connectivity index (χ1) is 15.4. The fourth-order valence-electron chi connectivity index (χ4n) is 3.83. The van der Waals surface area contributed by atoms with Crippen LogP contribution in [0.3, 0.4) is 0 Å². The molecule has 0 aromatic heterocycles. The van der Waals surface area contributed by atoms with Gasteiger partial charge in [0.05, 0.1) is 22.8 Å². The molecule has 0 saturated carbocycles. The van der Waals surface area contributed by atoms with Crippen molar-refractivity contribution in [2.75, 3.05) is 6.54 Å². The Labute approximate surface area is 183 Å². The Bertz CT molecular complexity index is 1210. The summed E-state index contributed by atoms with van der Waals surface area (Å²) in [6.45, 7) is 0.320. The summed E-state index contributed by atoms with van der Waals surface area (Å²) in [4.78, 5) is 62.5. The molecule has 2 aromatic carbocycles. The van der Waals surface area contributed by atoms with Gasteiger partial charge in [-0.3, -0.25) is 34.2 Å². The lowest BCUT2D eigenvalue weighted by molar-refractivity contribution is -0.136. The number of carbonyl (C=O) groups is 5. The molecule has 0 bridgehead atoms. The zero-order chi connectivity index (χ0) is 22.8. The third-order valence-electron chi connectivity index (χ3n) is 5.46. The van der Waals surface area contributed by atoms with Crippen LogP contribution in [0, 0.1) is 11.3 Å². The molecule has 2 aliphatic heterocycles. The van der Waals surface area contributed by atoms with Gasteiger partial charge in [0.15, 0.2) is 0 Å². The van der Waals surface area contributed by atoms with E-state index in [1.165, 1.54) is 18.2 Å². The van der Waals surface area contributed by atoms with Gasteiger partial charge in [-0.2, -0.15) is 5.26 Å². The fourth-order valence-corrected chi connectivity index (χ4v) is 3.83. The number of fused-ring (bicyclic) bond motifs is 1.